The maximum atomic E-state index is 12.1. The lowest BCUT2D eigenvalue weighted by Gasteiger charge is -2.17. The SMILES string of the molecule is Cc1ccncc1-c1cc(N)c2cnc(Nc3c(NC4(C#N)CC4)c(=O)c3=O)cc2c1. The van der Waals surface area contributed by atoms with Crippen LogP contribution in [0.25, 0.3) is 21.9 Å². The molecular formula is C23H18N6O2. The Balaban J connectivity index is 1.52. The Morgan fingerprint density at radius 1 is 1.13 bits per heavy atom. The molecule has 0 unspecified atom stereocenters. The van der Waals surface area contributed by atoms with Gasteiger partial charge in [-0.2, -0.15) is 5.26 Å². The van der Waals surface area contributed by atoms with Crippen LogP contribution in [0.2, 0.25) is 0 Å². The number of nitrogen functional groups attached to an aromatic ring is 1. The van der Waals surface area contributed by atoms with Crippen LogP contribution in [0, 0.1) is 18.3 Å². The van der Waals surface area contributed by atoms with Crippen molar-refractivity contribution in [1.29, 1.82) is 5.26 Å². The number of nitrogens with two attached hydrogens (primary N) is 1. The fraction of sp³-hybridized carbons (Fsp3) is 0.174. The summed E-state index contributed by atoms with van der Waals surface area (Å²) in [7, 11) is 0. The third-order valence-corrected chi connectivity index (χ3v) is 5.71. The van der Waals surface area contributed by atoms with Gasteiger partial charge in [0.25, 0.3) is 10.9 Å². The lowest BCUT2D eigenvalue weighted by molar-refractivity contribution is 0.939. The number of pyridine rings is 2. The molecule has 8 nitrogen and oxygen atoms in total. The number of hydrogen-bond donors (Lipinski definition) is 3. The minimum absolute atomic E-state index is 0.130. The average molecular weight is 410 g/mol. The van der Waals surface area contributed by atoms with E-state index < -0.39 is 16.4 Å². The van der Waals surface area contributed by atoms with Gasteiger partial charge < -0.3 is 16.4 Å². The average Bonchev–Trinajstić information content (AvgIpc) is 3.56. The highest BCUT2D eigenvalue weighted by Gasteiger charge is 2.45. The number of nitriles is 1. The zero-order chi connectivity index (χ0) is 21.8. The molecule has 0 aliphatic heterocycles. The molecular weight excluding hydrogens is 392 g/mol. The van der Waals surface area contributed by atoms with E-state index >= 15 is 0 Å². The van der Waals surface area contributed by atoms with Gasteiger partial charge in [0.1, 0.15) is 22.7 Å². The van der Waals surface area contributed by atoms with Crippen LogP contribution in [0.1, 0.15) is 18.4 Å². The van der Waals surface area contributed by atoms with Crippen LogP contribution in [0.3, 0.4) is 0 Å². The predicted octanol–water partition coefficient (Wildman–Crippen LogP) is 3.00. The third kappa shape index (κ3) is 3.07. The minimum Gasteiger partial charge on any atom is -0.398 e. The fourth-order valence-electron chi connectivity index (χ4n) is 3.66. The normalized spacial score (nSPS) is 14.3. The molecule has 0 bridgehead atoms. The summed E-state index contributed by atoms with van der Waals surface area (Å²) in [6.07, 6.45) is 6.45. The van der Waals surface area contributed by atoms with Gasteiger partial charge in [-0.15, -0.1) is 0 Å². The molecule has 2 aromatic carbocycles. The van der Waals surface area contributed by atoms with Crippen molar-refractivity contribution in [2.24, 2.45) is 0 Å². The van der Waals surface area contributed by atoms with Crippen molar-refractivity contribution >= 4 is 33.7 Å². The second-order valence-corrected chi connectivity index (χ2v) is 7.90. The van der Waals surface area contributed by atoms with E-state index in [1.165, 1.54) is 0 Å². The molecule has 2 heterocycles. The van der Waals surface area contributed by atoms with Crippen LogP contribution in [-0.2, 0) is 0 Å². The van der Waals surface area contributed by atoms with Gasteiger partial charge in [-0.3, -0.25) is 14.6 Å². The topological polar surface area (TPSA) is 134 Å². The molecule has 0 amide bonds. The van der Waals surface area contributed by atoms with Gasteiger partial charge in [0.05, 0.1) is 6.07 Å². The largest absolute Gasteiger partial charge is 0.398 e. The number of nitrogens with zero attached hydrogens (tertiary/aromatic N) is 3. The summed E-state index contributed by atoms with van der Waals surface area (Å²) in [5.74, 6) is 0.406. The number of nitrogens with one attached hydrogen (secondary N) is 2. The first-order chi connectivity index (χ1) is 14.9. The summed E-state index contributed by atoms with van der Waals surface area (Å²) >= 11 is 0. The Morgan fingerprint density at radius 2 is 1.90 bits per heavy atom. The summed E-state index contributed by atoms with van der Waals surface area (Å²) < 4.78 is 0. The summed E-state index contributed by atoms with van der Waals surface area (Å²) in [6, 6.07) is 9.74. The molecule has 1 aliphatic carbocycles. The Morgan fingerprint density at radius 3 is 2.61 bits per heavy atom. The maximum Gasteiger partial charge on any atom is 0.253 e. The predicted molar refractivity (Wildman–Crippen MR) is 120 cm³/mol. The molecule has 31 heavy (non-hydrogen) atoms. The molecule has 8 heteroatoms. The minimum atomic E-state index is -0.750. The van der Waals surface area contributed by atoms with Crippen LogP contribution >= 0.6 is 0 Å². The second-order valence-electron chi connectivity index (χ2n) is 7.90. The number of rotatable bonds is 5. The first-order valence-corrected chi connectivity index (χ1v) is 9.81. The van der Waals surface area contributed by atoms with Gasteiger partial charge in [-0.25, -0.2) is 4.98 Å². The van der Waals surface area contributed by atoms with E-state index in [0.717, 1.165) is 27.5 Å². The Hall–Kier alpha value is -4.25. The molecule has 1 fully saturated rings. The van der Waals surface area contributed by atoms with Gasteiger partial charge in [-0.1, -0.05) is 0 Å². The van der Waals surface area contributed by atoms with Crippen molar-refractivity contribution in [3.63, 3.8) is 0 Å². The molecule has 1 saturated carbocycles. The lowest BCUT2D eigenvalue weighted by atomic mass is 9.99. The van der Waals surface area contributed by atoms with E-state index in [0.29, 0.717) is 24.3 Å². The van der Waals surface area contributed by atoms with Crippen molar-refractivity contribution in [2.45, 2.75) is 25.3 Å². The van der Waals surface area contributed by atoms with Gasteiger partial charge in [0.2, 0.25) is 0 Å². The van der Waals surface area contributed by atoms with Crippen LogP contribution in [0.5, 0.6) is 0 Å². The third-order valence-electron chi connectivity index (χ3n) is 5.71. The Labute approximate surface area is 177 Å². The highest BCUT2D eigenvalue weighted by Crippen LogP contribution is 2.39. The lowest BCUT2D eigenvalue weighted by Crippen LogP contribution is -2.39. The first kappa shape index (κ1) is 18.8. The number of aryl methyl sites for hydroxylation is 1. The number of fused-ring (bicyclic) bond motifs is 1. The molecule has 0 atom stereocenters. The molecule has 1 aliphatic rings. The maximum absolute atomic E-state index is 12.1. The summed E-state index contributed by atoms with van der Waals surface area (Å²) in [6.45, 7) is 2.00. The number of hydrogen-bond acceptors (Lipinski definition) is 8. The molecule has 0 spiro atoms. The molecule has 0 radical (unpaired) electrons. The van der Waals surface area contributed by atoms with E-state index in [1.807, 2.05) is 25.1 Å². The summed E-state index contributed by atoms with van der Waals surface area (Å²) in [4.78, 5) is 32.7. The van der Waals surface area contributed by atoms with Crippen molar-refractivity contribution in [2.75, 3.05) is 16.4 Å². The van der Waals surface area contributed by atoms with E-state index in [4.69, 9.17) is 5.73 Å². The standard InChI is InChI=1S/C23H18N6O2/c1-12-2-5-26-9-15(12)13-6-14-8-18(27-10-16(14)17(25)7-13)28-19-20(22(31)21(19)30)29-23(11-24)3-4-23/h2,5-10,29H,3-4,25H2,1H3,(H,27,28). The Kier molecular flexibility index (Phi) is 4.02. The van der Waals surface area contributed by atoms with Crippen molar-refractivity contribution < 1.29 is 0 Å². The van der Waals surface area contributed by atoms with Crippen LogP contribution < -0.4 is 27.2 Å². The monoisotopic (exact) mass is 410 g/mol. The van der Waals surface area contributed by atoms with E-state index in [9.17, 15) is 14.9 Å². The summed E-state index contributed by atoms with van der Waals surface area (Å²) in [5, 5.41) is 16.7. The summed E-state index contributed by atoms with van der Waals surface area (Å²) in [5.41, 5.74) is 8.09. The molecule has 152 valence electrons. The van der Waals surface area contributed by atoms with Crippen molar-refractivity contribution in [3.8, 4) is 17.2 Å². The van der Waals surface area contributed by atoms with Crippen molar-refractivity contribution in [3.05, 3.63) is 68.9 Å². The molecule has 0 saturated heterocycles. The van der Waals surface area contributed by atoms with Gasteiger partial charge >= 0.3 is 0 Å². The Bertz CT molecular complexity index is 1470. The van der Waals surface area contributed by atoms with E-state index in [-0.39, 0.29) is 11.4 Å². The van der Waals surface area contributed by atoms with Gasteiger partial charge in [0.15, 0.2) is 0 Å². The van der Waals surface area contributed by atoms with Gasteiger partial charge in [0, 0.05) is 35.2 Å². The number of aromatic nitrogens is 2. The number of anilines is 4. The zero-order valence-corrected chi connectivity index (χ0v) is 16.7. The number of benzene rings is 1. The van der Waals surface area contributed by atoms with Crippen molar-refractivity contribution in [1.82, 2.24) is 9.97 Å². The van der Waals surface area contributed by atoms with Crippen LogP contribution in [0.15, 0.2) is 52.4 Å². The van der Waals surface area contributed by atoms with Crippen LogP contribution in [0.4, 0.5) is 22.9 Å². The fourth-order valence-corrected chi connectivity index (χ4v) is 3.66. The van der Waals surface area contributed by atoms with E-state index in [1.54, 1.807) is 24.7 Å². The molecule has 5 rings (SSSR count). The van der Waals surface area contributed by atoms with Crippen LogP contribution in [-0.4, -0.2) is 15.5 Å². The van der Waals surface area contributed by atoms with E-state index in [2.05, 4.69) is 26.7 Å². The highest BCUT2D eigenvalue weighted by molar-refractivity contribution is 5.98. The quantitative estimate of drug-likeness (QED) is 0.338. The smallest absolute Gasteiger partial charge is 0.253 e. The zero-order valence-electron chi connectivity index (χ0n) is 16.7. The molecule has 4 aromatic rings. The second kappa shape index (κ2) is 6.64. The molecule has 4 N–H and O–H groups in total. The first-order valence-electron chi connectivity index (χ1n) is 9.81. The molecule has 2 aromatic heterocycles. The van der Waals surface area contributed by atoms with Gasteiger partial charge in [-0.05, 0) is 60.5 Å². The highest BCUT2D eigenvalue weighted by atomic mass is 16.2.